The molecule has 18 heavy (non-hydrogen) atoms. The summed E-state index contributed by atoms with van der Waals surface area (Å²) in [5.41, 5.74) is -0.841. The Hall–Kier alpha value is -0.900. The third-order valence-electron chi connectivity index (χ3n) is 4.12. The standard InChI is InChI=1S/C14H23NO3/c16-12-7-3-4-8-13(17)15(12)11-14(18)9-5-1-2-6-10-14/h18H,1-11H2. The van der Waals surface area contributed by atoms with Gasteiger partial charge in [-0.3, -0.25) is 14.5 Å². The van der Waals surface area contributed by atoms with E-state index in [9.17, 15) is 14.7 Å². The number of amides is 2. The molecule has 2 rings (SSSR count). The zero-order chi connectivity index (χ0) is 13.0. The molecule has 1 N–H and O–H groups in total. The summed E-state index contributed by atoms with van der Waals surface area (Å²) in [5.74, 6) is -0.203. The molecule has 0 unspecified atom stereocenters. The molecule has 2 amide bonds. The van der Waals surface area contributed by atoms with Crippen molar-refractivity contribution in [2.75, 3.05) is 6.54 Å². The Bertz CT molecular complexity index is 301. The highest BCUT2D eigenvalue weighted by Crippen LogP contribution is 2.29. The van der Waals surface area contributed by atoms with Crippen LogP contribution in [0.2, 0.25) is 0 Å². The zero-order valence-corrected chi connectivity index (χ0v) is 11.0. The Labute approximate surface area is 108 Å². The summed E-state index contributed by atoms with van der Waals surface area (Å²) < 4.78 is 0. The summed E-state index contributed by atoms with van der Waals surface area (Å²) in [5, 5.41) is 10.6. The Morgan fingerprint density at radius 3 is 1.89 bits per heavy atom. The number of rotatable bonds is 2. The molecule has 4 heteroatoms. The van der Waals surface area contributed by atoms with Gasteiger partial charge in [0.2, 0.25) is 11.8 Å². The van der Waals surface area contributed by atoms with Crippen LogP contribution in [0.5, 0.6) is 0 Å². The average Bonchev–Trinajstić information content (AvgIpc) is 2.63. The van der Waals surface area contributed by atoms with Crippen LogP contribution >= 0.6 is 0 Å². The van der Waals surface area contributed by atoms with Crippen LogP contribution in [0.25, 0.3) is 0 Å². The molecule has 0 aromatic carbocycles. The summed E-state index contributed by atoms with van der Waals surface area (Å²) >= 11 is 0. The van der Waals surface area contributed by atoms with Gasteiger partial charge < -0.3 is 5.11 Å². The molecule has 0 spiro atoms. The van der Waals surface area contributed by atoms with Gasteiger partial charge in [-0.1, -0.05) is 25.7 Å². The fourth-order valence-corrected chi connectivity index (χ4v) is 2.98. The van der Waals surface area contributed by atoms with E-state index in [1.807, 2.05) is 0 Å². The van der Waals surface area contributed by atoms with Gasteiger partial charge in [-0.25, -0.2) is 0 Å². The van der Waals surface area contributed by atoms with Gasteiger partial charge in [0, 0.05) is 12.8 Å². The molecule has 0 radical (unpaired) electrons. The number of hydrogen-bond acceptors (Lipinski definition) is 3. The van der Waals surface area contributed by atoms with Crippen molar-refractivity contribution in [1.82, 2.24) is 4.90 Å². The summed E-state index contributed by atoms with van der Waals surface area (Å²) in [6.07, 6.45) is 8.17. The topological polar surface area (TPSA) is 57.6 Å². The maximum Gasteiger partial charge on any atom is 0.229 e. The van der Waals surface area contributed by atoms with Crippen LogP contribution < -0.4 is 0 Å². The third-order valence-corrected chi connectivity index (χ3v) is 4.12. The van der Waals surface area contributed by atoms with Crippen molar-refractivity contribution in [3.8, 4) is 0 Å². The normalized spacial score (nSPS) is 25.7. The van der Waals surface area contributed by atoms with Crippen LogP contribution in [0.3, 0.4) is 0 Å². The van der Waals surface area contributed by atoms with Crippen molar-refractivity contribution in [3.05, 3.63) is 0 Å². The number of hydrogen-bond donors (Lipinski definition) is 1. The Morgan fingerprint density at radius 1 is 0.889 bits per heavy atom. The van der Waals surface area contributed by atoms with Crippen LogP contribution in [-0.2, 0) is 9.59 Å². The van der Waals surface area contributed by atoms with Crippen LogP contribution in [0.4, 0.5) is 0 Å². The molecule has 0 aromatic heterocycles. The van der Waals surface area contributed by atoms with Crippen LogP contribution in [0.1, 0.15) is 64.2 Å². The summed E-state index contributed by atoms with van der Waals surface area (Å²) in [7, 11) is 0. The van der Waals surface area contributed by atoms with Gasteiger partial charge >= 0.3 is 0 Å². The van der Waals surface area contributed by atoms with Crippen LogP contribution in [0.15, 0.2) is 0 Å². The second-order valence-corrected chi connectivity index (χ2v) is 5.72. The SMILES string of the molecule is O=C1CCCCC(=O)N1CC1(O)CCCCCC1. The van der Waals surface area contributed by atoms with E-state index in [0.29, 0.717) is 25.7 Å². The highest BCUT2D eigenvalue weighted by Gasteiger charge is 2.35. The molecular formula is C14H23NO3. The lowest BCUT2D eigenvalue weighted by atomic mass is 9.93. The minimum atomic E-state index is -0.841. The quantitative estimate of drug-likeness (QED) is 0.605. The average molecular weight is 253 g/mol. The van der Waals surface area contributed by atoms with Crippen molar-refractivity contribution in [3.63, 3.8) is 0 Å². The molecule has 1 aliphatic heterocycles. The minimum absolute atomic E-state index is 0.102. The number of carbonyl (C=O) groups excluding carboxylic acids is 2. The molecule has 1 saturated heterocycles. The minimum Gasteiger partial charge on any atom is -0.388 e. The van der Waals surface area contributed by atoms with E-state index >= 15 is 0 Å². The van der Waals surface area contributed by atoms with E-state index in [-0.39, 0.29) is 18.4 Å². The molecule has 1 aliphatic carbocycles. The summed E-state index contributed by atoms with van der Waals surface area (Å²) in [4.78, 5) is 25.2. The van der Waals surface area contributed by atoms with Gasteiger partial charge in [0.05, 0.1) is 12.1 Å². The first-order chi connectivity index (χ1) is 8.61. The fourth-order valence-electron chi connectivity index (χ4n) is 2.98. The van der Waals surface area contributed by atoms with Gasteiger partial charge in [0.15, 0.2) is 0 Å². The van der Waals surface area contributed by atoms with Gasteiger partial charge in [-0.05, 0) is 25.7 Å². The Kier molecular flexibility index (Phi) is 4.38. The molecule has 4 nitrogen and oxygen atoms in total. The molecule has 2 aliphatic rings. The van der Waals surface area contributed by atoms with Crippen molar-refractivity contribution >= 4 is 11.8 Å². The first kappa shape index (κ1) is 13.5. The lowest BCUT2D eigenvalue weighted by Crippen LogP contribution is -2.47. The molecule has 1 heterocycles. The molecule has 0 aromatic rings. The number of imide groups is 1. The highest BCUT2D eigenvalue weighted by atomic mass is 16.3. The number of β-amino-alcohol motifs (C(OH)–C–C–N with tert-alkyl or cyclic N) is 1. The Balaban J connectivity index is 2.04. The van der Waals surface area contributed by atoms with Gasteiger partial charge in [-0.2, -0.15) is 0 Å². The number of aliphatic hydroxyl groups is 1. The van der Waals surface area contributed by atoms with E-state index in [1.54, 1.807) is 0 Å². The van der Waals surface area contributed by atoms with Gasteiger partial charge in [0.1, 0.15) is 0 Å². The molecular weight excluding hydrogens is 230 g/mol. The maximum atomic E-state index is 11.9. The number of likely N-dealkylation sites (tertiary alicyclic amines) is 1. The lowest BCUT2D eigenvalue weighted by molar-refractivity contribution is -0.148. The maximum absolute atomic E-state index is 11.9. The van der Waals surface area contributed by atoms with Gasteiger partial charge in [0.25, 0.3) is 0 Å². The lowest BCUT2D eigenvalue weighted by Gasteiger charge is -2.32. The zero-order valence-electron chi connectivity index (χ0n) is 11.0. The third kappa shape index (κ3) is 3.31. The van der Waals surface area contributed by atoms with Crippen molar-refractivity contribution < 1.29 is 14.7 Å². The predicted octanol–water partition coefficient (Wildman–Crippen LogP) is 2.00. The molecule has 102 valence electrons. The van der Waals surface area contributed by atoms with E-state index in [0.717, 1.165) is 38.5 Å². The predicted molar refractivity (Wildman–Crippen MR) is 67.8 cm³/mol. The monoisotopic (exact) mass is 253 g/mol. The van der Waals surface area contributed by atoms with Crippen molar-refractivity contribution in [2.24, 2.45) is 0 Å². The molecule has 0 atom stereocenters. The molecule has 0 bridgehead atoms. The second-order valence-electron chi connectivity index (χ2n) is 5.72. The molecule has 2 fully saturated rings. The van der Waals surface area contributed by atoms with E-state index in [2.05, 4.69) is 0 Å². The fraction of sp³-hybridized carbons (Fsp3) is 0.857. The number of carbonyl (C=O) groups is 2. The van der Waals surface area contributed by atoms with Crippen molar-refractivity contribution in [2.45, 2.75) is 69.8 Å². The van der Waals surface area contributed by atoms with E-state index < -0.39 is 5.60 Å². The first-order valence-electron chi connectivity index (χ1n) is 7.16. The highest BCUT2D eigenvalue weighted by molar-refractivity contribution is 5.96. The summed E-state index contributed by atoms with van der Waals surface area (Å²) in [6, 6.07) is 0. The smallest absolute Gasteiger partial charge is 0.229 e. The number of nitrogens with zero attached hydrogens (tertiary/aromatic N) is 1. The Morgan fingerprint density at radius 2 is 1.39 bits per heavy atom. The first-order valence-corrected chi connectivity index (χ1v) is 7.16. The van der Waals surface area contributed by atoms with Crippen molar-refractivity contribution in [1.29, 1.82) is 0 Å². The van der Waals surface area contributed by atoms with E-state index in [1.165, 1.54) is 4.90 Å². The summed E-state index contributed by atoms with van der Waals surface area (Å²) in [6.45, 7) is 0.213. The largest absolute Gasteiger partial charge is 0.388 e. The van der Waals surface area contributed by atoms with Gasteiger partial charge in [-0.15, -0.1) is 0 Å². The molecule has 1 saturated carbocycles. The van der Waals surface area contributed by atoms with Crippen LogP contribution in [-0.4, -0.2) is 34.0 Å². The second kappa shape index (κ2) is 5.83. The van der Waals surface area contributed by atoms with Crippen LogP contribution in [0, 0.1) is 0 Å². The van der Waals surface area contributed by atoms with E-state index in [4.69, 9.17) is 0 Å².